The van der Waals surface area contributed by atoms with E-state index in [1.165, 1.54) is 0 Å². The highest BCUT2D eigenvalue weighted by Gasteiger charge is 2.38. The van der Waals surface area contributed by atoms with Crippen molar-refractivity contribution in [2.75, 3.05) is 59.8 Å². The van der Waals surface area contributed by atoms with Crippen molar-refractivity contribution < 1.29 is 104 Å². The van der Waals surface area contributed by atoms with Gasteiger partial charge in [0.2, 0.25) is 27.2 Å². The summed E-state index contributed by atoms with van der Waals surface area (Å²) in [5.74, 6) is -7.89. The fraction of sp³-hybridized carbons (Fsp3) is 0.805. The summed E-state index contributed by atoms with van der Waals surface area (Å²) < 4.78 is 81.7. The van der Waals surface area contributed by atoms with Crippen LogP contribution in [0.2, 0.25) is 0 Å². The summed E-state index contributed by atoms with van der Waals surface area (Å²) in [6.07, 6.45) is -1.81. The fourth-order valence-corrected chi connectivity index (χ4v) is 7.32. The Bertz CT molecular complexity index is 1590. The third-order valence-electron chi connectivity index (χ3n) is 7.96. The summed E-state index contributed by atoms with van der Waals surface area (Å²) >= 11 is 0. The van der Waals surface area contributed by atoms with Gasteiger partial charge in [-0.25, -0.2) is 0 Å². The van der Waals surface area contributed by atoms with Crippen molar-refractivity contribution >= 4 is 62.9 Å². The van der Waals surface area contributed by atoms with Crippen molar-refractivity contribution in [1.82, 2.24) is 0 Å². The van der Waals surface area contributed by atoms with E-state index in [0.717, 1.165) is 7.11 Å². The minimum absolute atomic E-state index is 0.0286. The Morgan fingerprint density at radius 2 is 0.754 bits per heavy atom. The minimum atomic E-state index is -4.18. The molecule has 0 aromatic carbocycles. The molecule has 0 rings (SSSR count). The average Bonchev–Trinajstić information content (AvgIpc) is 3.16. The van der Waals surface area contributed by atoms with Crippen LogP contribution in [0.5, 0.6) is 0 Å². The Hall–Kier alpha value is -3.94. The van der Waals surface area contributed by atoms with Crippen molar-refractivity contribution in [3.8, 4) is 0 Å². The van der Waals surface area contributed by atoms with Gasteiger partial charge in [0.1, 0.15) is 0 Å². The second kappa shape index (κ2) is 29.0. The number of carboxylic acid groups (broad SMARTS) is 1. The molecule has 0 aliphatic heterocycles. The van der Waals surface area contributed by atoms with Crippen LogP contribution in [-0.2, 0) is 98.7 Å². The van der Waals surface area contributed by atoms with Gasteiger partial charge in [-0.05, 0) is 110 Å². The van der Waals surface area contributed by atoms with E-state index in [4.69, 9.17) is 56.4 Å². The summed E-state index contributed by atoms with van der Waals surface area (Å²) in [7, 11) is -7.18. The zero-order valence-corrected chi connectivity index (χ0v) is 42.3. The molecular formula is C41H72O22P2. The van der Waals surface area contributed by atoms with Crippen LogP contribution in [0, 0.1) is 33.5 Å². The molecule has 0 fully saturated rings. The largest absolute Gasteiger partial charge is 0.481 e. The molecule has 0 saturated heterocycles. The molecule has 378 valence electrons. The molecule has 0 aliphatic carbocycles. The molecular weight excluding hydrogens is 906 g/mol. The van der Waals surface area contributed by atoms with Crippen LogP contribution in [0.4, 0.5) is 0 Å². The van der Waals surface area contributed by atoms with E-state index < -0.39 is 136 Å². The number of rotatable bonds is 26. The van der Waals surface area contributed by atoms with E-state index in [9.17, 15) is 47.5 Å². The second-order valence-electron chi connectivity index (χ2n) is 18.2. The highest BCUT2D eigenvalue weighted by molar-refractivity contribution is 7.54. The first-order chi connectivity index (χ1) is 29.6. The standard InChI is InChI=1S/C21H37O11P.C20H35O11P/c1-9-28-16(22)11-10-15(17(23)27-8)12-33(26,31-13-29-18(24)20(2,3)4)32-14-30-19(25)21(5,6)7;1-8-27-16(23)14(9-10-15(21)22)11-32(26,30-12-28-17(24)19(2,3)4)31-13-29-18(25)20(5,6)7/h15H,9-14H2,1-8H3;14H,8-13H2,1-7H3,(H,21,22). The Morgan fingerprint density at radius 1 is 0.462 bits per heavy atom. The molecule has 0 amide bonds. The number of hydrogen-bond donors (Lipinski definition) is 1. The van der Waals surface area contributed by atoms with Crippen molar-refractivity contribution in [1.29, 1.82) is 0 Å². The van der Waals surface area contributed by atoms with Crippen molar-refractivity contribution in [2.45, 2.75) is 123 Å². The Labute approximate surface area is 382 Å². The zero-order valence-electron chi connectivity index (χ0n) is 40.6. The predicted octanol–water partition coefficient (Wildman–Crippen LogP) is 6.79. The number of methoxy groups -OCH3 is 1. The molecule has 24 heteroatoms. The lowest BCUT2D eigenvalue weighted by Crippen LogP contribution is -2.27. The lowest BCUT2D eigenvalue weighted by atomic mass is 9.98. The van der Waals surface area contributed by atoms with Crippen LogP contribution in [0.25, 0.3) is 0 Å². The number of ether oxygens (including phenoxy) is 7. The van der Waals surface area contributed by atoms with Crippen LogP contribution >= 0.6 is 15.2 Å². The number of aliphatic carboxylic acids is 1. The Kier molecular flexibility index (Phi) is 28.1. The van der Waals surface area contributed by atoms with E-state index >= 15 is 0 Å². The third-order valence-corrected chi connectivity index (χ3v) is 11.7. The molecule has 0 radical (unpaired) electrons. The normalized spacial score (nSPS) is 13.2. The zero-order chi connectivity index (χ0) is 51.0. The first kappa shape index (κ1) is 63.1. The topological polar surface area (TPSA) is 292 Å². The van der Waals surface area contributed by atoms with Gasteiger partial charge in [-0.2, -0.15) is 0 Å². The van der Waals surface area contributed by atoms with E-state index in [0.29, 0.717) is 0 Å². The summed E-state index contributed by atoms with van der Waals surface area (Å²) in [4.78, 5) is 94.8. The molecule has 65 heavy (non-hydrogen) atoms. The van der Waals surface area contributed by atoms with Gasteiger partial charge in [-0.1, -0.05) is 0 Å². The van der Waals surface area contributed by atoms with Gasteiger partial charge in [0, 0.05) is 12.8 Å². The van der Waals surface area contributed by atoms with Gasteiger partial charge in [0.25, 0.3) is 0 Å². The van der Waals surface area contributed by atoms with Crippen molar-refractivity contribution in [3.63, 3.8) is 0 Å². The molecule has 0 saturated carbocycles. The monoisotopic (exact) mass is 978 g/mol. The highest BCUT2D eigenvalue weighted by Crippen LogP contribution is 2.52. The molecule has 2 atom stereocenters. The number of carboxylic acids is 1. The van der Waals surface area contributed by atoms with Crippen LogP contribution < -0.4 is 0 Å². The van der Waals surface area contributed by atoms with Gasteiger partial charge in [-0.3, -0.25) is 65.6 Å². The smallest absolute Gasteiger partial charge is 0.337 e. The fourth-order valence-electron chi connectivity index (χ4n) is 4.15. The average molecular weight is 979 g/mol. The summed E-state index contributed by atoms with van der Waals surface area (Å²) in [6.45, 7) is 19.9. The van der Waals surface area contributed by atoms with Crippen molar-refractivity contribution in [2.24, 2.45) is 33.5 Å². The molecule has 0 aromatic rings. The lowest BCUT2D eigenvalue weighted by molar-refractivity contribution is -0.164. The first-order valence-electron chi connectivity index (χ1n) is 20.6. The molecule has 1 N–H and O–H groups in total. The maximum Gasteiger partial charge on any atom is 0.337 e. The highest BCUT2D eigenvalue weighted by atomic mass is 31.2. The van der Waals surface area contributed by atoms with Gasteiger partial charge >= 0.3 is 62.9 Å². The number of carbonyl (C=O) groups excluding carboxylic acids is 7. The maximum atomic E-state index is 13.3. The van der Waals surface area contributed by atoms with Crippen LogP contribution in [0.3, 0.4) is 0 Å². The lowest BCUT2D eigenvalue weighted by Gasteiger charge is -2.24. The molecule has 0 aromatic heterocycles. The Balaban J connectivity index is 0. The number of esters is 7. The number of carbonyl (C=O) groups is 8. The molecule has 0 spiro atoms. The Morgan fingerprint density at radius 3 is 1.02 bits per heavy atom. The van der Waals surface area contributed by atoms with E-state index in [-0.39, 0.29) is 38.9 Å². The predicted molar refractivity (Wildman–Crippen MR) is 229 cm³/mol. The molecule has 0 aliphatic rings. The quantitative estimate of drug-likeness (QED) is 0.0404. The van der Waals surface area contributed by atoms with Crippen LogP contribution in [0.1, 0.15) is 123 Å². The van der Waals surface area contributed by atoms with Gasteiger partial charge in [0.05, 0.1) is 66.1 Å². The van der Waals surface area contributed by atoms with Gasteiger partial charge in [-0.15, -0.1) is 0 Å². The second-order valence-corrected chi connectivity index (χ2v) is 22.5. The minimum Gasteiger partial charge on any atom is -0.481 e. The van der Waals surface area contributed by atoms with E-state index in [2.05, 4.69) is 0 Å². The molecule has 0 heterocycles. The third kappa shape index (κ3) is 28.7. The van der Waals surface area contributed by atoms with Gasteiger partial charge < -0.3 is 38.3 Å². The van der Waals surface area contributed by atoms with Gasteiger partial charge in [0.15, 0.2) is 0 Å². The number of hydrogen-bond acceptors (Lipinski definition) is 21. The van der Waals surface area contributed by atoms with E-state index in [1.807, 2.05) is 0 Å². The summed E-state index contributed by atoms with van der Waals surface area (Å²) in [5, 5.41) is 8.93. The maximum absolute atomic E-state index is 13.3. The molecule has 0 bridgehead atoms. The summed E-state index contributed by atoms with van der Waals surface area (Å²) in [5.41, 5.74) is -3.34. The SMILES string of the molecule is CCOC(=O)C(CCC(=O)O)CP(=O)(OCOC(=O)C(C)(C)C)OCOC(=O)C(C)(C)C.CCOC(=O)CCC(CP(=O)(OCOC(=O)C(C)(C)C)OCOC(=O)C(C)(C)C)C(=O)OC. The summed E-state index contributed by atoms with van der Waals surface area (Å²) in [6, 6.07) is 0. The van der Waals surface area contributed by atoms with E-state index in [1.54, 1.807) is 96.9 Å². The van der Waals surface area contributed by atoms with Crippen molar-refractivity contribution in [3.05, 3.63) is 0 Å². The molecule has 22 nitrogen and oxygen atoms in total. The van der Waals surface area contributed by atoms with Crippen LogP contribution in [0.15, 0.2) is 0 Å². The first-order valence-corrected chi connectivity index (χ1v) is 24.1. The van der Waals surface area contributed by atoms with Crippen LogP contribution in [-0.4, -0.2) is 113 Å². The molecule has 2 unspecified atom stereocenters.